The quantitative estimate of drug-likeness (QED) is 0.622. The maximum absolute atomic E-state index is 12.9. The van der Waals surface area contributed by atoms with Gasteiger partial charge in [0.25, 0.3) is 0 Å². The van der Waals surface area contributed by atoms with E-state index >= 15 is 0 Å². The van der Waals surface area contributed by atoms with E-state index in [0.29, 0.717) is 13.1 Å². The first-order valence-electron chi connectivity index (χ1n) is 7.89. The summed E-state index contributed by atoms with van der Waals surface area (Å²) in [6.07, 6.45) is 4.83. The molecule has 1 aromatic heterocycles. The Kier molecular flexibility index (Phi) is 3.13. The fourth-order valence-electron chi connectivity index (χ4n) is 3.88. The van der Waals surface area contributed by atoms with Crippen LogP contribution in [0.2, 0.25) is 0 Å². The molecule has 122 valence electrons. The molecule has 6 heteroatoms. The average Bonchev–Trinajstić information content (AvgIpc) is 3.21. The molecule has 6 nitrogen and oxygen atoms in total. The van der Waals surface area contributed by atoms with Gasteiger partial charge in [0.15, 0.2) is 0 Å². The third kappa shape index (κ3) is 2.12. The highest BCUT2D eigenvalue weighted by molar-refractivity contribution is 5.91. The van der Waals surface area contributed by atoms with E-state index in [9.17, 15) is 9.59 Å². The molecule has 4 heterocycles. The number of nitrogens with zero attached hydrogens (tertiary/aromatic N) is 1. The van der Waals surface area contributed by atoms with Crippen molar-refractivity contribution in [1.29, 1.82) is 0 Å². The lowest BCUT2D eigenvalue weighted by Crippen LogP contribution is -2.40. The summed E-state index contributed by atoms with van der Waals surface area (Å²) in [5, 5.41) is 0. The van der Waals surface area contributed by atoms with Gasteiger partial charge in [-0.05, 0) is 26.0 Å². The summed E-state index contributed by atoms with van der Waals surface area (Å²) < 4.78 is 16.7. The molecule has 3 aliphatic rings. The van der Waals surface area contributed by atoms with Crippen molar-refractivity contribution in [2.24, 2.45) is 11.8 Å². The third-order valence-electron chi connectivity index (χ3n) is 4.73. The number of hydrogen-bond donors (Lipinski definition) is 0. The largest absolute Gasteiger partial charge is 0.467 e. The summed E-state index contributed by atoms with van der Waals surface area (Å²) in [6, 6.07) is 3.62. The second-order valence-electron chi connectivity index (χ2n) is 6.66. The van der Waals surface area contributed by atoms with Gasteiger partial charge in [0, 0.05) is 0 Å². The van der Waals surface area contributed by atoms with E-state index in [-0.39, 0.29) is 24.1 Å². The normalized spacial score (nSPS) is 34.5. The minimum Gasteiger partial charge on any atom is -0.467 e. The molecule has 0 N–H and O–H groups in total. The zero-order chi connectivity index (χ0) is 16.2. The van der Waals surface area contributed by atoms with Gasteiger partial charge in [-0.25, -0.2) is 0 Å². The molecule has 4 atom stereocenters. The standard InChI is InChI=1S/C17H19NO5/c1-10(2)22-16(20)13-12-5-6-17(23-12)9-18(15(19)14(13)17)8-11-4-3-7-21-11/h3-7,10,12-14H,8-9H2,1-2H3/t12-,13-,14-,17+/m0/s1. The predicted molar refractivity (Wildman–Crippen MR) is 79.1 cm³/mol. The Hall–Kier alpha value is -2.08. The number of carbonyl (C=O) groups is 2. The van der Waals surface area contributed by atoms with Crippen LogP contribution in [0.25, 0.3) is 0 Å². The van der Waals surface area contributed by atoms with Crippen molar-refractivity contribution in [2.75, 3.05) is 6.54 Å². The molecule has 0 aliphatic carbocycles. The lowest BCUT2D eigenvalue weighted by molar-refractivity contribution is -0.157. The van der Waals surface area contributed by atoms with Gasteiger partial charge in [0.1, 0.15) is 17.3 Å². The summed E-state index contributed by atoms with van der Waals surface area (Å²) in [6.45, 7) is 4.43. The number of amides is 1. The van der Waals surface area contributed by atoms with Gasteiger partial charge in [-0.15, -0.1) is 0 Å². The van der Waals surface area contributed by atoms with Crippen molar-refractivity contribution in [3.05, 3.63) is 36.3 Å². The lowest BCUT2D eigenvalue weighted by Gasteiger charge is -2.23. The highest BCUT2D eigenvalue weighted by Crippen LogP contribution is 2.52. The number of ether oxygens (including phenoxy) is 2. The van der Waals surface area contributed by atoms with Crippen LogP contribution in [0.1, 0.15) is 19.6 Å². The van der Waals surface area contributed by atoms with Crippen LogP contribution in [-0.4, -0.2) is 41.1 Å². The SMILES string of the molecule is CC(C)OC(=O)[C@H]1[C@@H]2C=C[C@]3(CN(Cc4ccco4)C(=O)[C@H]13)O2. The summed E-state index contributed by atoms with van der Waals surface area (Å²) in [4.78, 5) is 27.0. The Balaban J connectivity index is 1.59. The molecule has 0 radical (unpaired) electrons. The maximum Gasteiger partial charge on any atom is 0.313 e. The van der Waals surface area contributed by atoms with Crippen LogP contribution in [0.4, 0.5) is 0 Å². The number of likely N-dealkylation sites (tertiary alicyclic amines) is 1. The minimum atomic E-state index is -0.699. The van der Waals surface area contributed by atoms with Gasteiger partial charge in [-0.2, -0.15) is 0 Å². The molecule has 1 amide bonds. The van der Waals surface area contributed by atoms with Crippen LogP contribution in [0, 0.1) is 11.8 Å². The first-order valence-corrected chi connectivity index (χ1v) is 7.89. The Morgan fingerprint density at radius 3 is 3.04 bits per heavy atom. The Morgan fingerprint density at radius 1 is 1.52 bits per heavy atom. The van der Waals surface area contributed by atoms with Crippen LogP contribution in [0.5, 0.6) is 0 Å². The van der Waals surface area contributed by atoms with E-state index in [0.717, 1.165) is 5.76 Å². The summed E-state index contributed by atoms with van der Waals surface area (Å²) in [5.74, 6) is -0.766. The smallest absolute Gasteiger partial charge is 0.313 e. The van der Waals surface area contributed by atoms with Crippen LogP contribution in [0.3, 0.4) is 0 Å². The van der Waals surface area contributed by atoms with Gasteiger partial charge in [0.2, 0.25) is 5.91 Å². The van der Waals surface area contributed by atoms with E-state index in [1.165, 1.54) is 0 Å². The molecule has 2 fully saturated rings. The predicted octanol–water partition coefficient (Wildman–Crippen LogP) is 1.51. The van der Waals surface area contributed by atoms with E-state index < -0.39 is 17.4 Å². The summed E-state index contributed by atoms with van der Waals surface area (Å²) in [5.41, 5.74) is -0.699. The molecule has 1 aromatic rings. The zero-order valence-electron chi connectivity index (χ0n) is 13.1. The van der Waals surface area contributed by atoms with Gasteiger partial charge >= 0.3 is 5.97 Å². The molecular formula is C17H19NO5. The van der Waals surface area contributed by atoms with Crippen LogP contribution < -0.4 is 0 Å². The molecule has 3 aliphatic heterocycles. The summed E-state index contributed by atoms with van der Waals surface area (Å²) in [7, 11) is 0. The molecule has 0 aromatic carbocycles. The van der Waals surface area contributed by atoms with Crippen molar-refractivity contribution < 1.29 is 23.5 Å². The van der Waals surface area contributed by atoms with Gasteiger partial charge < -0.3 is 18.8 Å². The highest BCUT2D eigenvalue weighted by atomic mass is 16.6. The molecular weight excluding hydrogens is 298 g/mol. The van der Waals surface area contributed by atoms with Gasteiger partial charge in [-0.1, -0.05) is 12.2 Å². The lowest BCUT2D eigenvalue weighted by atomic mass is 9.77. The second-order valence-corrected chi connectivity index (χ2v) is 6.66. The van der Waals surface area contributed by atoms with Crippen molar-refractivity contribution in [3.8, 4) is 0 Å². The fraction of sp³-hybridized carbons (Fsp3) is 0.529. The zero-order valence-corrected chi connectivity index (χ0v) is 13.1. The number of rotatable bonds is 4. The molecule has 23 heavy (non-hydrogen) atoms. The second kappa shape index (κ2) is 4.96. The van der Waals surface area contributed by atoms with Gasteiger partial charge in [0.05, 0.1) is 37.5 Å². The summed E-state index contributed by atoms with van der Waals surface area (Å²) >= 11 is 0. The monoisotopic (exact) mass is 317 g/mol. The first-order chi connectivity index (χ1) is 11.0. The van der Waals surface area contributed by atoms with E-state index in [1.54, 1.807) is 31.1 Å². The maximum atomic E-state index is 12.9. The first kappa shape index (κ1) is 14.5. The molecule has 0 unspecified atom stereocenters. The number of furan rings is 1. The van der Waals surface area contributed by atoms with E-state index in [2.05, 4.69) is 0 Å². The number of hydrogen-bond acceptors (Lipinski definition) is 5. The molecule has 4 rings (SSSR count). The van der Waals surface area contributed by atoms with Crippen molar-refractivity contribution in [2.45, 2.75) is 38.2 Å². The van der Waals surface area contributed by atoms with Crippen molar-refractivity contribution >= 4 is 11.9 Å². The fourth-order valence-corrected chi connectivity index (χ4v) is 3.88. The van der Waals surface area contributed by atoms with E-state index in [4.69, 9.17) is 13.9 Å². The van der Waals surface area contributed by atoms with Crippen molar-refractivity contribution in [3.63, 3.8) is 0 Å². The number of esters is 1. The number of fused-ring (bicyclic) bond motifs is 1. The minimum absolute atomic E-state index is 0.0704. The van der Waals surface area contributed by atoms with Crippen LogP contribution >= 0.6 is 0 Å². The van der Waals surface area contributed by atoms with Crippen molar-refractivity contribution in [1.82, 2.24) is 4.90 Å². The molecule has 2 bridgehead atoms. The number of carbonyl (C=O) groups excluding carboxylic acids is 2. The van der Waals surface area contributed by atoms with Gasteiger partial charge in [-0.3, -0.25) is 9.59 Å². The topological polar surface area (TPSA) is 69.0 Å². The Labute approximate surface area is 134 Å². The van der Waals surface area contributed by atoms with E-state index in [1.807, 2.05) is 18.2 Å². The van der Waals surface area contributed by atoms with Crippen LogP contribution in [-0.2, 0) is 25.6 Å². The van der Waals surface area contributed by atoms with Crippen LogP contribution in [0.15, 0.2) is 35.0 Å². The third-order valence-corrected chi connectivity index (χ3v) is 4.73. The highest BCUT2D eigenvalue weighted by Gasteiger charge is 2.67. The molecule has 1 spiro atoms. The Morgan fingerprint density at radius 2 is 2.35 bits per heavy atom. The Bertz CT molecular complexity index is 665. The average molecular weight is 317 g/mol. The molecule has 0 saturated carbocycles. The molecule has 2 saturated heterocycles.